The molecule has 0 bridgehead atoms. The van der Waals surface area contributed by atoms with Crippen LogP contribution in [0.4, 0.5) is 0 Å². The zero-order valence-corrected chi connectivity index (χ0v) is 18.5. The van der Waals surface area contributed by atoms with Crippen molar-refractivity contribution in [3.63, 3.8) is 0 Å². The maximum atomic E-state index is 6.16. The molecular formula is C25H30O6. The number of hydrogen-bond donors (Lipinski definition) is 0. The first-order chi connectivity index (χ1) is 15.1. The summed E-state index contributed by atoms with van der Waals surface area (Å²) in [5.41, 5.74) is 5.10. The van der Waals surface area contributed by atoms with Crippen LogP contribution in [0.5, 0.6) is 11.5 Å². The van der Waals surface area contributed by atoms with Gasteiger partial charge in [-0.2, -0.15) is 0 Å². The van der Waals surface area contributed by atoms with E-state index in [1.54, 1.807) is 14.2 Å². The van der Waals surface area contributed by atoms with Gasteiger partial charge in [-0.1, -0.05) is 43.5 Å². The molecule has 0 amide bonds. The molecule has 0 radical (unpaired) electrons. The second kappa shape index (κ2) is 10.9. The summed E-state index contributed by atoms with van der Waals surface area (Å²) < 4.78 is 33.5. The summed E-state index contributed by atoms with van der Waals surface area (Å²) in [7, 11) is 3.28. The number of aryl methyl sites for hydroxylation is 1. The summed E-state index contributed by atoms with van der Waals surface area (Å²) in [5.74, 6) is 2.62. The van der Waals surface area contributed by atoms with Gasteiger partial charge in [0.05, 0.1) is 20.3 Å². The van der Waals surface area contributed by atoms with E-state index in [-0.39, 0.29) is 0 Å². The minimum Gasteiger partial charge on any atom is -0.493 e. The van der Waals surface area contributed by atoms with Crippen LogP contribution in [0.3, 0.4) is 0 Å². The summed E-state index contributed by atoms with van der Waals surface area (Å²) in [5, 5.41) is 0. The van der Waals surface area contributed by atoms with Crippen molar-refractivity contribution >= 4 is 5.76 Å². The van der Waals surface area contributed by atoms with E-state index in [0.29, 0.717) is 62.7 Å². The van der Waals surface area contributed by atoms with Gasteiger partial charge in [0.1, 0.15) is 37.9 Å². The van der Waals surface area contributed by atoms with Crippen LogP contribution in [0, 0.1) is 6.92 Å². The molecule has 0 fully saturated rings. The van der Waals surface area contributed by atoms with Crippen molar-refractivity contribution in [1.82, 2.24) is 0 Å². The Labute approximate surface area is 184 Å². The number of rotatable bonds is 12. The molecule has 0 aliphatic carbocycles. The largest absolute Gasteiger partial charge is 0.493 e. The van der Waals surface area contributed by atoms with Gasteiger partial charge in [0.15, 0.2) is 11.5 Å². The first kappa shape index (κ1) is 22.7. The van der Waals surface area contributed by atoms with Gasteiger partial charge in [-0.15, -0.1) is 0 Å². The van der Waals surface area contributed by atoms with E-state index in [0.717, 1.165) is 27.8 Å². The Kier molecular flexibility index (Phi) is 7.98. The normalized spacial score (nSPS) is 12.3. The van der Waals surface area contributed by atoms with Crippen molar-refractivity contribution in [3.8, 4) is 22.6 Å². The van der Waals surface area contributed by atoms with Crippen LogP contribution in [0.15, 0.2) is 49.2 Å². The number of benzene rings is 2. The third-order valence-electron chi connectivity index (χ3n) is 5.00. The molecule has 0 saturated heterocycles. The Hall–Kier alpha value is -2.96. The molecule has 2 aromatic carbocycles. The van der Waals surface area contributed by atoms with Crippen LogP contribution < -0.4 is 9.47 Å². The molecule has 6 nitrogen and oxygen atoms in total. The summed E-state index contributed by atoms with van der Waals surface area (Å²) in [6, 6.07) is 10.2. The number of methoxy groups -OCH3 is 2. The number of hydrogen-bond acceptors (Lipinski definition) is 6. The standard InChI is InChI=1S/C25H30O6/c1-17-9-10-22(21-8-6-7-20-19(3)31-16-23(20)21)25(24(17)27-5)30-14-13-29-18(2)15-28-12-11-26-4/h6-10H,2-3,11-16H2,1,4-5H3. The molecular weight excluding hydrogens is 396 g/mol. The predicted molar refractivity (Wildman–Crippen MR) is 120 cm³/mol. The molecule has 6 heteroatoms. The average Bonchev–Trinajstić information content (AvgIpc) is 3.15. The molecule has 1 aliphatic heterocycles. The Balaban J connectivity index is 1.73. The smallest absolute Gasteiger partial charge is 0.169 e. The van der Waals surface area contributed by atoms with Crippen molar-refractivity contribution in [2.45, 2.75) is 13.5 Å². The molecule has 31 heavy (non-hydrogen) atoms. The summed E-state index contributed by atoms with van der Waals surface area (Å²) in [4.78, 5) is 0. The topological polar surface area (TPSA) is 55.4 Å². The van der Waals surface area contributed by atoms with E-state index in [4.69, 9.17) is 28.4 Å². The van der Waals surface area contributed by atoms with Gasteiger partial charge in [-0.25, -0.2) is 0 Å². The molecule has 0 aromatic heterocycles. The van der Waals surface area contributed by atoms with Crippen LogP contribution in [0.1, 0.15) is 16.7 Å². The fraction of sp³-hybridized carbons (Fsp3) is 0.360. The zero-order valence-electron chi connectivity index (χ0n) is 18.5. The zero-order chi connectivity index (χ0) is 22.2. The highest BCUT2D eigenvalue weighted by Gasteiger charge is 2.23. The third kappa shape index (κ3) is 5.40. The molecule has 1 aliphatic rings. The minimum absolute atomic E-state index is 0.322. The molecule has 0 N–H and O–H groups in total. The Morgan fingerprint density at radius 3 is 2.55 bits per heavy atom. The lowest BCUT2D eigenvalue weighted by Crippen LogP contribution is -2.11. The van der Waals surface area contributed by atoms with Gasteiger partial charge < -0.3 is 28.4 Å². The van der Waals surface area contributed by atoms with Crippen LogP contribution >= 0.6 is 0 Å². The van der Waals surface area contributed by atoms with Crippen molar-refractivity contribution in [2.24, 2.45) is 0 Å². The van der Waals surface area contributed by atoms with Crippen molar-refractivity contribution < 1.29 is 28.4 Å². The van der Waals surface area contributed by atoms with Crippen LogP contribution in [0.2, 0.25) is 0 Å². The van der Waals surface area contributed by atoms with Gasteiger partial charge in [-0.05, 0) is 18.1 Å². The highest BCUT2D eigenvalue weighted by Crippen LogP contribution is 2.44. The second-order valence-electron chi connectivity index (χ2n) is 7.12. The lowest BCUT2D eigenvalue weighted by atomic mass is 9.94. The molecule has 3 rings (SSSR count). The van der Waals surface area contributed by atoms with E-state index >= 15 is 0 Å². The van der Waals surface area contributed by atoms with E-state index in [1.165, 1.54) is 0 Å². The first-order valence-electron chi connectivity index (χ1n) is 10.2. The molecule has 166 valence electrons. The Bertz CT molecular complexity index is 934. The lowest BCUT2D eigenvalue weighted by molar-refractivity contribution is 0.0529. The van der Waals surface area contributed by atoms with Crippen molar-refractivity contribution in [2.75, 3.05) is 47.3 Å². The second-order valence-corrected chi connectivity index (χ2v) is 7.12. The van der Waals surface area contributed by atoms with E-state index in [1.807, 2.05) is 31.2 Å². The monoisotopic (exact) mass is 426 g/mol. The third-order valence-corrected chi connectivity index (χ3v) is 5.00. The lowest BCUT2D eigenvalue weighted by Gasteiger charge is -2.19. The molecule has 1 heterocycles. The molecule has 0 atom stereocenters. The van der Waals surface area contributed by atoms with Gasteiger partial charge >= 0.3 is 0 Å². The molecule has 2 aromatic rings. The Morgan fingerprint density at radius 1 is 0.968 bits per heavy atom. The van der Waals surface area contributed by atoms with Crippen LogP contribution in [0.25, 0.3) is 16.9 Å². The van der Waals surface area contributed by atoms with Crippen LogP contribution in [-0.4, -0.2) is 47.3 Å². The number of ether oxygens (including phenoxy) is 6. The summed E-state index contributed by atoms with van der Waals surface area (Å²) >= 11 is 0. The van der Waals surface area contributed by atoms with Gasteiger partial charge in [0, 0.05) is 23.8 Å². The van der Waals surface area contributed by atoms with Crippen LogP contribution in [-0.2, 0) is 25.6 Å². The van der Waals surface area contributed by atoms with E-state index < -0.39 is 0 Å². The SMILES string of the molecule is C=C(COCCOC)OCCOc1c(-c2cccc3c2COC3=C)ccc(C)c1OC. The molecule has 0 unspecified atom stereocenters. The fourth-order valence-electron chi connectivity index (χ4n) is 3.46. The molecule has 0 spiro atoms. The quantitative estimate of drug-likeness (QED) is 0.361. The Morgan fingerprint density at radius 2 is 1.77 bits per heavy atom. The number of fused-ring (bicyclic) bond motifs is 1. The van der Waals surface area contributed by atoms with E-state index in [2.05, 4.69) is 19.2 Å². The highest BCUT2D eigenvalue weighted by atomic mass is 16.6. The summed E-state index contributed by atoms with van der Waals surface area (Å²) in [6.07, 6.45) is 0. The van der Waals surface area contributed by atoms with Gasteiger partial charge in [0.25, 0.3) is 0 Å². The maximum Gasteiger partial charge on any atom is 0.169 e. The maximum absolute atomic E-state index is 6.16. The predicted octanol–water partition coefficient (Wildman–Crippen LogP) is 4.74. The molecule has 0 saturated carbocycles. The van der Waals surface area contributed by atoms with Gasteiger partial charge in [-0.3, -0.25) is 0 Å². The van der Waals surface area contributed by atoms with E-state index in [9.17, 15) is 0 Å². The van der Waals surface area contributed by atoms with Crippen molar-refractivity contribution in [1.29, 1.82) is 0 Å². The average molecular weight is 427 g/mol. The van der Waals surface area contributed by atoms with Crippen molar-refractivity contribution in [3.05, 3.63) is 65.9 Å². The van der Waals surface area contributed by atoms with Gasteiger partial charge in [0.2, 0.25) is 0 Å². The fourth-order valence-corrected chi connectivity index (χ4v) is 3.46. The highest BCUT2D eigenvalue weighted by molar-refractivity contribution is 5.82. The summed E-state index contributed by atoms with van der Waals surface area (Å²) in [6.45, 7) is 12.4. The minimum atomic E-state index is 0.322. The first-order valence-corrected chi connectivity index (χ1v) is 10.2.